The van der Waals surface area contributed by atoms with Gasteiger partial charge in [-0.25, -0.2) is 4.98 Å². The molecule has 5 heteroatoms. The molecule has 0 radical (unpaired) electrons. The van der Waals surface area contributed by atoms with Gasteiger partial charge in [0.1, 0.15) is 0 Å². The lowest BCUT2D eigenvalue weighted by Gasteiger charge is -1.93. The van der Waals surface area contributed by atoms with Crippen LogP contribution < -0.4 is 0 Å². The predicted molar refractivity (Wildman–Crippen MR) is 36.2 cm³/mol. The molecule has 1 rings (SSSR count). The van der Waals surface area contributed by atoms with Crippen molar-refractivity contribution in [3.05, 3.63) is 29.2 Å². The van der Waals surface area contributed by atoms with Gasteiger partial charge in [-0.3, -0.25) is 0 Å². The van der Waals surface area contributed by atoms with Crippen LogP contribution in [0.4, 0.5) is 0 Å². The van der Waals surface area contributed by atoms with Crippen molar-refractivity contribution in [3.8, 4) is 0 Å². The van der Waals surface area contributed by atoms with Gasteiger partial charge in [-0.2, -0.15) is 0 Å². The standard InChI is InChI=1S/C5H7N5/c6-9-8-2-4-10-3-1-7-5-10/h1,3,5H,2,4H2. The van der Waals surface area contributed by atoms with Gasteiger partial charge in [0.15, 0.2) is 0 Å². The molecule has 0 aliphatic rings. The number of hydrogen-bond donors (Lipinski definition) is 0. The third-order valence-electron chi connectivity index (χ3n) is 1.08. The Hall–Kier alpha value is -1.48. The average Bonchev–Trinajstić information content (AvgIpc) is 2.41. The van der Waals surface area contributed by atoms with Gasteiger partial charge < -0.3 is 4.57 Å². The van der Waals surface area contributed by atoms with Crippen LogP contribution in [-0.4, -0.2) is 16.1 Å². The molecule has 10 heavy (non-hydrogen) atoms. The fourth-order valence-corrected chi connectivity index (χ4v) is 0.624. The molecule has 0 aromatic carbocycles. The van der Waals surface area contributed by atoms with Gasteiger partial charge >= 0.3 is 0 Å². The van der Waals surface area contributed by atoms with Crippen molar-refractivity contribution in [3.63, 3.8) is 0 Å². The monoisotopic (exact) mass is 137 g/mol. The number of hydrogen-bond acceptors (Lipinski definition) is 2. The molecule has 0 bridgehead atoms. The number of nitrogens with zero attached hydrogens (tertiary/aromatic N) is 5. The molecule has 1 heterocycles. The van der Waals surface area contributed by atoms with Crippen LogP contribution in [0.5, 0.6) is 0 Å². The Bertz CT molecular complexity index is 220. The summed E-state index contributed by atoms with van der Waals surface area (Å²) in [7, 11) is 0. The van der Waals surface area contributed by atoms with Crippen molar-refractivity contribution < 1.29 is 0 Å². The highest BCUT2D eigenvalue weighted by Gasteiger charge is 1.84. The van der Waals surface area contributed by atoms with Crippen LogP contribution in [-0.2, 0) is 6.54 Å². The number of imidazole rings is 1. The number of azide groups is 1. The van der Waals surface area contributed by atoms with E-state index in [1.165, 1.54) is 0 Å². The van der Waals surface area contributed by atoms with E-state index in [4.69, 9.17) is 5.53 Å². The Morgan fingerprint density at radius 1 is 1.70 bits per heavy atom. The molecule has 1 aromatic heterocycles. The van der Waals surface area contributed by atoms with E-state index in [1.807, 2.05) is 10.8 Å². The molecule has 0 fully saturated rings. The minimum absolute atomic E-state index is 0.479. The van der Waals surface area contributed by atoms with Crippen molar-refractivity contribution >= 4 is 0 Å². The molecule has 0 saturated heterocycles. The van der Waals surface area contributed by atoms with Crippen LogP contribution in [0.3, 0.4) is 0 Å². The third-order valence-corrected chi connectivity index (χ3v) is 1.08. The van der Waals surface area contributed by atoms with Crippen molar-refractivity contribution in [1.29, 1.82) is 0 Å². The second-order valence-electron chi connectivity index (χ2n) is 1.75. The second kappa shape index (κ2) is 3.53. The van der Waals surface area contributed by atoms with Crippen molar-refractivity contribution in [2.45, 2.75) is 6.54 Å². The van der Waals surface area contributed by atoms with Crippen LogP contribution in [0.1, 0.15) is 0 Å². The molecule has 0 atom stereocenters. The highest BCUT2D eigenvalue weighted by atomic mass is 15.1. The number of aromatic nitrogens is 2. The molecule has 0 N–H and O–H groups in total. The fourth-order valence-electron chi connectivity index (χ4n) is 0.624. The normalized spacial score (nSPS) is 8.80. The molecule has 0 unspecified atom stereocenters. The summed E-state index contributed by atoms with van der Waals surface area (Å²) in [4.78, 5) is 6.46. The van der Waals surface area contributed by atoms with E-state index in [-0.39, 0.29) is 0 Å². The Kier molecular flexibility index (Phi) is 2.34. The van der Waals surface area contributed by atoms with Crippen LogP contribution in [0.15, 0.2) is 23.8 Å². The third kappa shape index (κ3) is 1.80. The Balaban J connectivity index is 2.34. The highest BCUT2D eigenvalue weighted by Crippen LogP contribution is 1.85. The first kappa shape index (κ1) is 6.64. The van der Waals surface area contributed by atoms with E-state index in [1.54, 1.807) is 12.5 Å². The maximum Gasteiger partial charge on any atom is 0.0945 e. The zero-order valence-corrected chi connectivity index (χ0v) is 5.38. The maximum atomic E-state index is 7.93. The lowest BCUT2D eigenvalue weighted by Crippen LogP contribution is -1.96. The van der Waals surface area contributed by atoms with Gasteiger partial charge in [-0.1, -0.05) is 5.11 Å². The van der Waals surface area contributed by atoms with Crippen LogP contribution in [0.25, 0.3) is 10.4 Å². The van der Waals surface area contributed by atoms with E-state index in [9.17, 15) is 0 Å². The summed E-state index contributed by atoms with van der Waals surface area (Å²) >= 11 is 0. The first-order chi connectivity index (χ1) is 4.93. The molecule has 0 aliphatic heterocycles. The van der Waals surface area contributed by atoms with Crippen LogP contribution >= 0.6 is 0 Å². The van der Waals surface area contributed by atoms with E-state index in [0.717, 1.165) is 0 Å². The zero-order chi connectivity index (χ0) is 7.23. The van der Waals surface area contributed by atoms with Crippen molar-refractivity contribution in [2.24, 2.45) is 5.11 Å². The van der Waals surface area contributed by atoms with Gasteiger partial charge in [-0.15, -0.1) is 0 Å². The fraction of sp³-hybridized carbons (Fsp3) is 0.400. The van der Waals surface area contributed by atoms with E-state index in [0.29, 0.717) is 13.1 Å². The quantitative estimate of drug-likeness (QED) is 0.350. The lowest BCUT2D eigenvalue weighted by molar-refractivity contribution is 0.705. The van der Waals surface area contributed by atoms with Crippen LogP contribution in [0, 0.1) is 0 Å². The molecule has 0 aliphatic carbocycles. The van der Waals surface area contributed by atoms with E-state index in [2.05, 4.69) is 15.0 Å². The summed E-state index contributed by atoms with van der Waals surface area (Å²) in [5.41, 5.74) is 7.93. The summed E-state index contributed by atoms with van der Waals surface area (Å²) in [5.74, 6) is 0. The minimum atomic E-state index is 0.479. The highest BCUT2D eigenvalue weighted by molar-refractivity contribution is 4.73. The van der Waals surface area contributed by atoms with Gasteiger partial charge in [-0.05, 0) is 5.53 Å². The summed E-state index contributed by atoms with van der Waals surface area (Å²) in [6.07, 6.45) is 5.20. The maximum absolute atomic E-state index is 7.93. The minimum Gasteiger partial charge on any atom is -0.337 e. The summed E-state index contributed by atoms with van der Waals surface area (Å²) in [5, 5.41) is 3.38. The van der Waals surface area contributed by atoms with Crippen LogP contribution in [0.2, 0.25) is 0 Å². The Morgan fingerprint density at radius 3 is 3.20 bits per heavy atom. The van der Waals surface area contributed by atoms with Gasteiger partial charge in [0.25, 0.3) is 0 Å². The Labute approximate surface area is 57.9 Å². The lowest BCUT2D eigenvalue weighted by atomic mass is 10.6. The van der Waals surface area contributed by atoms with Gasteiger partial charge in [0, 0.05) is 30.4 Å². The SMILES string of the molecule is [N-]=[N+]=NCCn1ccnc1. The van der Waals surface area contributed by atoms with Crippen molar-refractivity contribution in [1.82, 2.24) is 9.55 Å². The smallest absolute Gasteiger partial charge is 0.0945 e. The van der Waals surface area contributed by atoms with E-state index >= 15 is 0 Å². The summed E-state index contributed by atoms with van der Waals surface area (Å²) in [6, 6.07) is 0. The molecular formula is C5H7N5. The molecular weight excluding hydrogens is 130 g/mol. The second-order valence-corrected chi connectivity index (χ2v) is 1.75. The Morgan fingerprint density at radius 2 is 2.60 bits per heavy atom. The first-order valence-corrected chi connectivity index (χ1v) is 2.90. The average molecular weight is 137 g/mol. The predicted octanol–water partition coefficient (Wildman–Crippen LogP) is 1.19. The largest absolute Gasteiger partial charge is 0.337 e. The topological polar surface area (TPSA) is 66.6 Å². The summed E-state index contributed by atoms with van der Waals surface area (Å²) < 4.78 is 1.86. The summed E-state index contributed by atoms with van der Waals surface area (Å²) in [6.45, 7) is 1.18. The molecule has 1 aromatic rings. The molecule has 5 nitrogen and oxygen atoms in total. The molecule has 0 spiro atoms. The van der Waals surface area contributed by atoms with E-state index < -0.39 is 0 Å². The number of rotatable bonds is 3. The van der Waals surface area contributed by atoms with Gasteiger partial charge in [0.2, 0.25) is 0 Å². The first-order valence-electron chi connectivity index (χ1n) is 2.90. The van der Waals surface area contributed by atoms with Crippen molar-refractivity contribution in [2.75, 3.05) is 6.54 Å². The zero-order valence-electron chi connectivity index (χ0n) is 5.38. The van der Waals surface area contributed by atoms with Gasteiger partial charge in [0.05, 0.1) is 6.33 Å². The molecule has 0 amide bonds. The molecule has 52 valence electrons. The molecule has 0 saturated carbocycles.